The molecule has 0 atom stereocenters. The SMILES string of the molecule is c1ccc2cc(-c3c4ccccc4c(-c4oc5ccccc5c4-c4cc5cccnc5c5ncccc45)c4ccccc34)ccc2c1. The predicted molar refractivity (Wildman–Crippen MR) is 196 cm³/mol. The minimum Gasteiger partial charge on any atom is -0.455 e. The molecule has 0 N–H and O–H groups in total. The van der Waals surface area contributed by atoms with E-state index in [0.717, 1.165) is 66.0 Å². The highest BCUT2D eigenvalue weighted by atomic mass is 16.3. The van der Waals surface area contributed by atoms with Gasteiger partial charge in [0.15, 0.2) is 0 Å². The lowest BCUT2D eigenvalue weighted by Crippen LogP contribution is -1.93. The first-order chi connectivity index (χ1) is 23.3. The van der Waals surface area contributed by atoms with Gasteiger partial charge >= 0.3 is 0 Å². The lowest BCUT2D eigenvalue weighted by Gasteiger charge is -2.18. The molecule has 0 bridgehead atoms. The van der Waals surface area contributed by atoms with E-state index >= 15 is 0 Å². The number of nitrogens with zero attached hydrogens (tertiary/aromatic N) is 2. The van der Waals surface area contributed by atoms with Gasteiger partial charge in [-0.25, -0.2) is 0 Å². The fourth-order valence-corrected chi connectivity index (χ4v) is 7.50. The summed E-state index contributed by atoms with van der Waals surface area (Å²) in [6, 6.07) is 51.8. The lowest BCUT2D eigenvalue weighted by atomic mass is 9.85. The molecule has 0 radical (unpaired) electrons. The third-order valence-electron chi connectivity index (χ3n) is 9.52. The molecule has 10 aromatic rings. The van der Waals surface area contributed by atoms with Gasteiger partial charge in [0.05, 0.1) is 11.0 Å². The van der Waals surface area contributed by atoms with Gasteiger partial charge < -0.3 is 4.42 Å². The van der Waals surface area contributed by atoms with Gasteiger partial charge in [0.25, 0.3) is 0 Å². The number of furan rings is 1. The van der Waals surface area contributed by atoms with E-state index in [2.05, 4.69) is 127 Å². The number of pyridine rings is 2. The first-order valence-electron chi connectivity index (χ1n) is 15.9. The summed E-state index contributed by atoms with van der Waals surface area (Å²) in [7, 11) is 0. The molecule has 0 aliphatic heterocycles. The van der Waals surface area contributed by atoms with E-state index in [1.54, 1.807) is 0 Å². The van der Waals surface area contributed by atoms with E-state index in [-0.39, 0.29) is 0 Å². The Balaban J connectivity index is 1.36. The third kappa shape index (κ3) is 3.87. The summed E-state index contributed by atoms with van der Waals surface area (Å²) in [6.07, 6.45) is 3.69. The molecule has 3 heteroatoms. The maximum atomic E-state index is 6.98. The molecule has 0 saturated carbocycles. The molecule has 3 aromatic heterocycles. The van der Waals surface area contributed by atoms with Gasteiger partial charge in [-0.15, -0.1) is 0 Å². The maximum absolute atomic E-state index is 6.98. The smallest absolute Gasteiger partial charge is 0.144 e. The number of rotatable bonds is 3. The van der Waals surface area contributed by atoms with E-state index in [9.17, 15) is 0 Å². The summed E-state index contributed by atoms with van der Waals surface area (Å²) in [5.74, 6) is 0.858. The Hall–Kier alpha value is -6.32. The van der Waals surface area contributed by atoms with Crippen molar-refractivity contribution in [2.75, 3.05) is 0 Å². The van der Waals surface area contributed by atoms with E-state index < -0.39 is 0 Å². The van der Waals surface area contributed by atoms with Gasteiger partial charge in [0.1, 0.15) is 11.3 Å². The second-order valence-electron chi connectivity index (χ2n) is 12.1. The van der Waals surface area contributed by atoms with Crippen LogP contribution in [-0.4, -0.2) is 9.97 Å². The topological polar surface area (TPSA) is 38.9 Å². The molecule has 0 saturated heterocycles. The van der Waals surface area contributed by atoms with Crippen molar-refractivity contribution in [3.8, 4) is 33.6 Å². The molecule has 3 nitrogen and oxygen atoms in total. The zero-order valence-corrected chi connectivity index (χ0v) is 25.3. The molecule has 0 spiro atoms. The Morgan fingerprint density at radius 3 is 1.72 bits per heavy atom. The Bertz CT molecular complexity index is 2810. The summed E-state index contributed by atoms with van der Waals surface area (Å²) in [4.78, 5) is 9.56. The molecule has 10 rings (SSSR count). The minimum absolute atomic E-state index is 0.854. The van der Waals surface area contributed by atoms with Crippen LogP contribution in [0, 0.1) is 0 Å². The first kappa shape index (κ1) is 26.0. The van der Waals surface area contributed by atoms with Gasteiger partial charge in [-0.2, -0.15) is 0 Å². The zero-order valence-electron chi connectivity index (χ0n) is 25.3. The van der Waals surface area contributed by atoms with Crippen LogP contribution in [0.25, 0.3) is 98.7 Å². The van der Waals surface area contributed by atoms with Crippen molar-refractivity contribution in [2.45, 2.75) is 0 Å². The van der Waals surface area contributed by atoms with Crippen molar-refractivity contribution in [2.24, 2.45) is 0 Å². The van der Waals surface area contributed by atoms with Crippen molar-refractivity contribution in [1.82, 2.24) is 9.97 Å². The molecule has 0 amide bonds. The van der Waals surface area contributed by atoms with Gasteiger partial charge in [-0.1, -0.05) is 115 Å². The molecular weight excluding hydrogens is 572 g/mol. The highest BCUT2D eigenvalue weighted by Crippen LogP contribution is 2.50. The van der Waals surface area contributed by atoms with Gasteiger partial charge in [0, 0.05) is 39.7 Å². The average molecular weight is 599 g/mol. The molecule has 7 aromatic carbocycles. The lowest BCUT2D eigenvalue weighted by molar-refractivity contribution is 0.634. The van der Waals surface area contributed by atoms with Crippen LogP contribution in [0.3, 0.4) is 0 Å². The predicted octanol–water partition coefficient (Wildman–Crippen LogP) is 12.0. The second kappa shape index (κ2) is 10.1. The number of benzene rings is 7. The largest absolute Gasteiger partial charge is 0.455 e. The molecule has 0 fully saturated rings. The van der Waals surface area contributed by atoms with Crippen LogP contribution in [0.2, 0.25) is 0 Å². The molecule has 3 heterocycles. The summed E-state index contributed by atoms with van der Waals surface area (Å²) in [6.45, 7) is 0. The Morgan fingerprint density at radius 2 is 0.957 bits per heavy atom. The average Bonchev–Trinajstić information content (AvgIpc) is 3.52. The van der Waals surface area contributed by atoms with Gasteiger partial charge in [0.2, 0.25) is 0 Å². The van der Waals surface area contributed by atoms with Crippen molar-refractivity contribution in [3.05, 3.63) is 158 Å². The van der Waals surface area contributed by atoms with Crippen LogP contribution in [0.1, 0.15) is 0 Å². The monoisotopic (exact) mass is 598 g/mol. The normalized spacial score (nSPS) is 11.8. The van der Waals surface area contributed by atoms with Gasteiger partial charge in [-0.3, -0.25) is 9.97 Å². The molecule has 0 aliphatic rings. The van der Waals surface area contributed by atoms with E-state index in [4.69, 9.17) is 14.4 Å². The molecular formula is C44H26N2O. The summed E-state index contributed by atoms with van der Waals surface area (Å²) in [5, 5.41) is 10.3. The van der Waals surface area contributed by atoms with Crippen molar-refractivity contribution >= 4 is 65.1 Å². The van der Waals surface area contributed by atoms with E-state index in [0.29, 0.717) is 0 Å². The first-order valence-corrected chi connectivity index (χ1v) is 15.9. The molecule has 218 valence electrons. The van der Waals surface area contributed by atoms with Crippen LogP contribution >= 0.6 is 0 Å². The number of aromatic nitrogens is 2. The van der Waals surface area contributed by atoms with Crippen molar-refractivity contribution in [1.29, 1.82) is 0 Å². The summed E-state index contributed by atoms with van der Waals surface area (Å²) >= 11 is 0. The minimum atomic E-state index is 0.854. The van der Waals surface area contributed by atoms with Gasteiger partial charge in [-0.05, 0) is 79.3 Å². The van der Waals surface area contributed by atoms with Crippen LogP contribution in [0.4, 0.5) is 0 Å². The fourth-order valence-electron chi connectivity index (χ4n) is 7.50. The highest BCUT2D eigenvalue weighted by molar-refractivity contribution is 6.24. The second-order valence-corrected chi connectivity index (χ2v) is 12.1. The van der Waals surface area contributed by atoms with E-state index in [1.165, 1.54) is 32.7 Å². The van der Waals surface area contributed by atoms with Crippen molar-refractivity contribution < 1.29 is 4.42 Å². The quantitative estimate of drug-likeness (QED) is 0.150. The number of fused-ring (bicyclic) bond motifs is 7. The van der Waals surface area contributed by atoms with Crippen molar-refractivity contribution in [3.63, 3.8) is 0 Å². The fraction of sp³-hybridized carbons (Fsp3) is 0. The maximum Gasteiger partial charge on any atom is 0.144 e. The van der Waals surface area contributed by atoms with Crippen LogP contribution in [-0.2, 0) is 0 Å². The molecule has 47 heavy (non-hydrogen) atoms. The van der Waals surface area contributed by atoms with E-state index in [1.807, 2.05) is 30.6 Å². The Morgan fingerprint density at radius 1 is 0.383 bits per heavy atom. The molecule has 0 aliphatic carbocycles. The zero-order chi connectivity index (χ0) is 30.9. The Kier molecular flexibility index (Phi) is 5.57. The number of para-hydroxylation sites is 1. The molecule has 0 unspecified atom stereocenters. The standard InChI is InChI=1S/C44H26N2O/c1-2-12-28-25-29(22-21-27(28)11-1)39-31-14-3-5-16-33(31)40(34-17-6-4-15-32(34)39)44-41(36-18-7-8-20-38(36)47-44)37-26-30-13-9-23-45-42(30)43-35(37)19-10-24-46-43/h1-26H. The number of hydrogen-bond acceptors (Lipinski definition) is 3. The summed E-state index contributed by atoms with van der Waals surface area (Å²) in [5.41, 5.74) is 8.32. The van der Waals surface area contributed by atoms with Crippen LogP contribution in [0.15, 0.2) is 162 Å². The number of hydrogen-bond donors (Lipinski definition) is 0. The van der Waals surface area contributed by atoms with Crippen LogP contribution in [0.5, 0.6) is 0 Å². The third-order valence-corrected chi connectivity index (χ3v) is 9.52. The highest BCUT2D eigenvalue weighted by Gasteiger charge is 2.25. The summed E-state index contributed by atoms with van der Waals surface area (Å²) < 4.78 is 6.98. The Labute approximate surface area is 270 Å². The van der Waals surface area contributed by atoms with Crippen LogP contribution < -0.4 is 0 Å².